The number of hydrogen-bond acceptors (Lipinski definition) is 5. The molecule has 106 valence electrons. The Kier molecular flexibility index (Phi) is 4.54. The molecule has 0 atom stereocenters. The van der Waals surface area contributed by atoms with Crippen LogP contribution in [0.1, 0.15) is 30.3 Å². The molecule has 6 heteroatoms. The van der Waals surface area contributed by atoms with Crippen LogP contribution in [0.3, 0.4) is 0 Å². The Bertz CT molecular complexity index is 453. The highest BCUT2D eigenvalue weighted by atomic mass is 32.1. The predicted octanol–water partition coefficient (Wildman–Crippen LogP) is 1.72. The molecule has 5 nitrogen and oxygen atoms in total. The van der Waals surface area contributed by atoms with E-state index in [2.05, 4.69) is 22.5 Å². The zero-order valence-electron chi connectivity index (χ0n) is 11.7. The van der Waals surface area contributed by atoms with Gasteiger partial charge in [0.1, 0.15) is 5.60 Å². The maximum Gasteiger partial charge on any atom is 0.258 e. The number of carbonyl (C=O) groups is 1. The van der Waals surface area contributed by atoms with E-state index in [9.17, 15) is 4.79 Å². The van der Waals surface area contributed by atoms with Crippen LogP contribution in [0, 0.1) is 6.92 Å². The van der Waals surface area contributed by atoms with Gasteiger partial charge in [-0.15, -0.1) is 11.3 Å². The maximum atomic E-state index is 12.4. The standard InChI is InChI=1S/C13H21N3O2S/c1-4-10-9(2)19-12(15-10)16-11(17)13(18-3)5-7-14-8-6-13/h14H,4-8H2,1-3H3,(H,15,16,17). The molecule has 2 N–H and O–H groups in total. The molecule has 1 aliphatic heterocycles. The summed E-state index contributed by atoms with van der Waals surface area (Å²) in [5, 5.41) is 6.83. The first-order valence-electron chi connectivity index (χ1n) is 6.65. The van der Waals surface area contributed by atoms with Gasteiger partial charge in [0, 0.05) is 12.0 Å². The van der Waals surface area contributed by atoms with E-state index in [0.717, 1.165) is 30.1 Å². The van der Waals surface area contributed by atoms with Crippen LogP contribution in [-0.2, 0) is 16.0 Å². The molecule has 1 fully saturated rings. The lowest BCUT2D eigenvalue weighted by Gasteiger charge is -2.34. The van der Waals surface area contributed by atoms with Crippen LogP contribution in [0.4, 0.5) is 5.13 Å². The van der Waals surface area contributed by atoms with Crippen molar-refractivity contribution in [3.05, 3.63) is 10.6 Å². The Labute approximate surface area is 117 Å². The van der Waals surface area contributed by atoms with Crippen LogP contribution in [0.25, 0.3) is 0 Å². The van der Waals surface area contributed by atoms with E-state index in [1.165, 1.54) is 11.3 Å². The first kappa shape index (κ1) is 14.4. The monoisotopic (exact) mass is 283 g/mol. The summed E-state index contributed by atoms with van der Waals surface area (Å²) in [6.07, 6.45) is 2.28. The van der Waals surface area contributed by atoms with Crippen LogP contribution < -0.4 is 10.6 Å². The third kappa shape index (κ3) is 2.96. The van der Waals surface area contributed by atoms with Crippen molar-refractivity contribution in [2.45, 2.75) is 38.7 Å². The Morgan fingerprint density at radius 1 is 1.53 bits per heavy atom. The molecule has 0 bridgehead atoms. The fraction of sp³-hybridized carbons (Fsp3) is 0.692. The molecular weight excluding hydrogens is 262 g/mol. The number of ether oxygens (including phenoxy) is 1. The number of methoxy groups -OCH3 is 1. The lowest BCUT2D eigenvalue weighted by atomic mass is 9.91. The molecule has 0 spiro atoms. The van der Waals surface area contributed by atoms with E-state index < -0.39 is 5.60 Å². The van der Waals surface area contributed by atoms with Gasteiger partial charge in [-0.05, 0) is 39.3 Å². The fourth-order valence-corrected chi connectivity index (χ4v) is 3.27. The predicted molar refractivity (Wildman–Crippen MR) is 76.7 cm³/mol. The summed E-state index contributed by atoms with van der Waals surface area (Å²) >= 11 is 1.53. The van der Waals surface area contributed by atoms with Gasteiger partial charge in [-0.3, -0.25) is 10.1 Å². The Balaban J connectivity index is 2.10. The van der Waals surface area contributed by atoms with Gasteiger partial charge in [-0.25, -0.2) is 4.98 Å². The number of carbonyl (C=O) groups excluding carboxylic acids is 1. The maximum absolute atomic E-state index is 12.4. The van der Waals surface area contributed by atoms with E-state index in [1.807, 2.05) is 6.92 Å². The average molecular weight is 283 g/mol. The highest BCUT2D eigenvalue weighted by molar-refractivity contribution is 7.15. The van der Waals surface area contributed by atoms with Crippen LogP contribution >= 0.6 is 11.3 Å². The van der Waals surface area contributed by atoms with Gasteiger partial charge in [-0.2, -0.15) is 0 Å². The average Bonchev–Trinajstić information content (AvgIpc) is 2.79. The van der Waals surface area contributed by atoms with Gasteiger partial charge in [0.25, 0.3) is 5.91 Å². The highest BCUT2D eigenvalue weighted by Gasteiger charge is 2.40. The largest absolute Gasteiger partial charge is 0.368 e. The number of nitrogens with one attached hydrogen (secondary N) is 2. The number of aromatic nitrogens is 1. The minimum absolute atomic E-state index is 0.0760. The molecule has 0 saturated carbocycles. The minimum atomic E-state index is -0.711. The molecule has 19 heavy (non-hydrogen) atoms. The molecule has 0 radical (unpaired) electrons. The second-order valence-electron chi connectivity index (χ2n) is 4.78. The number of thiazole rings is 1. The SMILES string of the molecule is CCc1nc(NC(=O)C2(OC)CCNCC2)sc1C. The Morgan fingerprint density at radius 3 is 2.74 bits per heavy atom. The van der Waals surface area contributed by atoms with Crippen molar-refractivity contribution in [3.8, 4) is 0 Å². The van der Waals surface area contributed by atoms with Gasteiger partial charge in [-0.1, -0.05) is 6.92 Å². The van der Waals surface area contributed by atoms with E-state index >= 15 is 0 Å². The second kappa shape index (κ2) is 5.98. The van der Waals surface area contributed by atoms with Gasteiger partial charge in [0.2, 0.25) is 0 Å². The number of anilines is 1. The van der Waals surface area contributed by atoms with Crippen molar-refractivity contribution in [2.24, 2.45) is 0 Å². The van der Waals surface area contributed by atoms with E-state index in [4.69, 9.17) is 4.74 Å². The van der Waals surface area contributed by atoms with Crippen molar-refractivity contribution >= 4 is 22.4 Å². The van der Waals surface area contributed by atoms with Crippen molar-refractivity contribution in [3.63, 3.8) is 0 Å². The van der Waals surface area contributed by atoms with Crippen LogP contribution in [0.15, 0.2) is 0 Å². The van der Waals surface area contributed by atoms with Crippen molar-refractivity contribution in [2.75, 3.05) is 25.5 Å². The lowest BCUT2D eigenvalue weighted by Crippen LogP contribution is -2.51. The number of piperidine rings is 1. The van der Waals surface area contributed by atoms with Gasteiger partial charge in [0.05, 0.1) is 5.69 Å². The molecule has 0 aliphatic carbocycles. The molecule has 0 aromatic carbocycles. The minimum Gasteiger partial charge on any atom is -0.368 e. The third-order valence-electron chi connectivity index (χ3n) is 3.66. The van der Waals surface area contributed by atoms with Gasteiger partial charge >= 0.3 is 0 Å². The molecule has 1 saturated heterocycles. The van der Waals surface area contributed by atoms with Crippen molar-refractivity contribution < 1.29 is 9.53 Å². The topological polar surface area (TPSA) is 63.2 Å². The fourth-order valence-electron chi connectivity index (χ4n) is 2.38. The van der Waals surface area contributed by atoms with Gasteiger partial charge < -0.3 is 10.1 Å². The van der Waals surface area contributed by atoms with E-state index in [0.29, 0.717) is 18.0 Å². The number of rotatable bonds is 4. The Morgan fingerprint density at radius 2 is 2.21 bits per heavy atom. The zero-order chi connectivity index (χ0) is 13.9. The molecule has 2 heterocycles. The van der Waals surface area contributed by atoms with Gasteiger partial charge in [0.15, 0.2) is 5.13 Å². The number of nitrogens with zero attached hydrogens (tertiary/aromatic N) is 1. The summed E-state index contributed by atoms with van der Waals surface area (Å²) in [5.41, 5.74) is 0.342. The number of hydrogen-bond donors (Lipinski definition) is 2. The Hall–Kier alpha value is -0.980. The molecule has 1 aromatic heterocycles. The van der Waals surface area contributed by atoms with Crippen LogP contribution in [-0.4, -0.2) is 36.7 Å². The summed E-state index contributed by atoms with van der Waals surface area (Å²) in [6, 6.07) is 0. The molecule has 1 aliphatic rings. The molecule has 1 aromatic rings. The van der Waals surface area contributed by atoms with Crippen LogP contribution in [0.2, 0.25) is 0 Å². The summed E-state index contributed by atoms with van der Waals surface area (Å²) < 4.78 is 5.50. The van der Waals surface area contributed by atoms with Crippen LogP contribution in [0.5, 0.6) is 0 Å². The molecule has 0 unspecified atom stereocenters. The smallest absolute Gasteiger partial charge is 0.258 e. The zero-order valence-corrected chi connectivity index (χ0v) is 12.5. The van der Waals surface area contributed by atoms with E-state index in [1.54, 1.807) is 7.11 Å². The van der Waals surface area contributed by atoms with E-state index in [-0.39, 0.29) is 5.91 Å². The third-order valence-corrected chi connectivity index (χ3v) is 4.59. The number of amides is 1. The van der Waals surface area contributed by atoms with Crippen molar-refractivity contribution in [1.82, 2.24) is 10.3 Å². The summed E-state index contributed by atoms with van der Waals surface area (Å²) in [7, 11) is 1.61. The first-order chi connectivity index (χ1) is 9.11. The second-order valence-corrected chi connectivity index (χ2v) is 5.98. The summed E-state index contributed by atoms with van der Waals surface area (Å²) in [4.78, 5) is 18.0. The molecular formula is C13H21N3O2S. The summed E-state index contributed by atoms with van der Waals surface area (Å²) in [6.45, 7) is 5.70. The summed E-state index contributed by atoms with van der Waals surface area (Å²) in [5.74, 6) is -0.0760. The number of aryl methyl sites for hydroxylation is 2. The molecule has 1 amide bonds. The highest BCUT2D eigenvalue weighted by Crippen LogP contribution is 2.27. The molecule has 2 rings (SSSR count). The quantitative estimate of drug-likeness (QED) is 0.883. The normalized spacial score (nSPS) is 18.3. The first-order valence-corrected chi connectivity index (χ1v) is 7.46. The van der Waals surface area contributed by atoms with Crippen molar-refractivity contribution in [1.29, 1.82) is 0 Å². The lowest BCUT2D eigenvalue weighted by molar-refractivity contribution is -0.140.